The summed E-state index contributed by atoms with van der Waals surface area (Å²) in [6.45, 7) is 0. The van der Waals surface area contributed by atoms with E-state index in [1.165, 1.54) is 10.9 Å². The van der Waals surface area contributed by atoms with Crippen LogP contribution < -0.4 is 5.56 Å². The zero-order valence-electron chi connectivity index (χ0n) is 8.97. The summed E-state index contributed by atoms with van der Waals surface area (Å²) in [6, 6.07) is 11.9. The molecule has 4 nitrogen and oxygen atoms in total. The van der Waals surface area contributed by atoms with Gasteiger partial charge in [-0.15, -0.1) is 0 Å². The van der Waals surface area contributed by atoms with Crippen molar-refractivity contribution in [2.75, 3.05) is 0 Å². The molecule has 0 atom stereocenters. The molecule has 0 saturated heterocycles. The summed E-state index contributed by atoms with van der Waals surface area (Å²) in [6.07, 6.45) is 1.43. The Morgan fingerprint density at radius 2 is 1.88 bits per heavy atom. The minimum atomic E-state index is -0.236. The van der Waals surface area contributed by atoms with E-state index >= 15 is 0 Å². The van der Waals surface area contributed by atoms with Gasteiger partial charge in [0.1, 0.15) is 0 Å². The summed E-state index contributed by atoms with van der Waals surface area (Å²) in [5.74, 6) is 0.310. The monoisotopic (exact) mass is 573 g/mol. The topological polar surface area (TPSA) is 49.0 Å². The van der Waals surface area contributed by atoms with Crippen molar-refractivity contribution in [2.24, 2.45) is 7.05 Å². The molecule has 90 valence electrons. The number of hydrogen-bond acceptors (Lipinski definition) is 2. The van der Waals surface area contributed by atoms with Gasteiger partial charge in [-0.1, -0.05) is 30.3 Å². The molecule has 1 heterocycles. The van der Waals surface area contributed by atoms with Crippen molar-refractivity contribution in [2.45, 2.75) is 0 Å². The summed E-state index contributed by atoms with van der Waals surface area (Å²) in [5, 5.41) is 4.16. The van der Waals surface area contributed by atoms with E-state index in [2.05, 4.69) is 16.4 Å². The summed E-state index contributed by atoms with van der Waals surface area (Å²) in [4.78, 5) is 15.2. The molecule has 0 N–H and O–H groups in total. The van der Waals surface area contributed by atoms with E-state index in [1.807, 2.05) is 30.3 Å². The Bertz CT molecular complexity index is 514. The Hall–Kier alpha value is -0.775. The van der Waals surface area contributed by atoms with Crippen LogP contribution in [-0.4, -0.2) is 9.55 Å². The van der Waals surface area contributed by atoms with Gasteiger partial charge in [-0.05, 0) is 12.0 Å². The Morgan fingerprint density at radius 3 is 2.47 bits per heavy atom. The quantitative estimate of drug-likeness (QED) is 0.518. The van der Waals surface area contributed by atoms with Crippen molar-refractivity contribution in [1.29, 1.82) is 0 Å². The number of aryl methyl sites for hydroxylation is 1. The third-order valence-corrected chi connectivity index (χ3v) is 1.88. The Labute approximate surface area is 127 Å². The molecular weight excluding hydrogens is 563 g/mol. The Morgan fingerprint density at radius 1 is 1.24 bits per heavy atom. The van der Waals surface area contributed by atoms with E-state index in [0.29, 0.717) is 5.82 Å². The van der Waals surface area contributed by atoms with Gasteiger partial charge < -0.3 is 25.7 Å². The molecule has 17 heavy (non-hydrogen) atoms. The molecule has 0 aliphatic heterocycles. The largest absolute Gasteiger partial charge is 0.473 e. The summed E-state index contributed by atoms with van der Waals surface area (Å²) >= 11 is 0. The second kappa shape index (κ2) is 7.53. The molecule has 2 rings (SSSR count). The Balaban J connectivity index is 0.00000128. The molecule has 6 heteroatoms. The fourth-order valence-corrected chi connectivity index (χ4v) is 1.09. The maximum Gasteiger partial charge on any atom is 0.0683 e. The van der Waals surface area contributed by atoms with Gasteiger partial charge in [-0.2, -0.15) is 0 Å². The van der Waals surface area contributed by atoms with Crippen molar-refractivity contribution in [3.8, 4) is 0 Å². The van der Waals surface area contributed by atoms with Crippen LogP contribution >= 0.6 is 0 Å². The first kappa shape index (κ1) is 16.2. The van der Waals surface area contributed by atoms with Gasteiger partial charge in [0, 0.05) is 47.9 Å². The van der Waals surface area contributed by atoms with Crippen molar-refractivity contribution in [1.82, 2.24) is 9.55 Å². The fraction of sp³-hybridized carbons (Fsp3) is 0.0909. The number of benzene rings is 1. The van der Waals surface area contributed by atoms with E-state index in [0.717, 1.165) is 5.69 Å². The molecule has 0 bridgehead atoms. The second-order valence-electron chi connectivity index (χ2n) is 3.06. The van der Waals surface area contributed by atoms with Crippen LogP contribution in [0, 0.1) is 6.07 Å². The zero-order valence-corrected chi connectivity index (χ0v) is 14.4. The van der Waals surface area contributed by atoms with Gasteiger partial charge in [-0.25, -0.2) is 5.82 Å². The molecule has 2 aromatic rings. The Kier molecular flexibility index (Phi) is 7.19. The standard InChI is InChI=1S/C11H10N3O.2Re/c1-14-8-12-10(7-11(14)15)13-9-5-3-2-4-6-9;;/h2-6,8H,1H3,(H,13,15);;/q-1;;/p-1. The molecule has 2 radical (unpaired) electrons. The van der Waals surface area contributed by atoms with Gasteiger partial charge >= 0.3 is 0 Å². The van der Waals surface area contributed by atoms with Crippen LogP contribution in [0.15, 0.2) is 41.5 Å². The molecule has 0 saturated carbocycles. The zero-order chi connectivity index (χ0) is 10.7. The van der Waals surface area contributed by atoms with Gasteiger partial charge in [0.2, 0.25) is 0 Å². The van der Waals surface area contributed by atoms with Crippen LogP contribution in [0.2, 0.25) is 0 Å². The van der Waals surface area contributed by atoms with Crippen LogP contribution in [0.3, 0.4) is 0 Å². The van der Waals surface area contributed by atoms with E-state index in [1.54, 1.807) is 7.05 Å². The maximum absolute atomic E-state index is 11.2. The van der Waals surface area contributed by atoms with Crippen molar-refractivity contribution >= 4 is 11.5 Å². The van der Waals surface area contributed by atoms with Gasteiger partial charge in [-0.3, -0.25) is 0 Å². The molecule has 1 aromatic heterocycles. The normalized spacial score (nSPS) is 8.76. The smallest absolute Gasteiger partial charge is 0.0683 e. The average molecular weight is 572 g/mol. The fourth-order valence-electron chi connectivity index (χ4n) is 1.09. The van der Waals surface area contributed by atoms with Crippen LogP contribution in [-0.2, 0) is 47.9 Å². The van der Waals surface area contributed by atoms with Crippen LogP contribution in [0.25, 0.3) is 5.32 Å². The molecule has 0 aliphatic rings. The predicted molar refractivity (Wildman–Crippen MR) is 57.4 cm³/mol. The van der Waals surface area contributed by atoms with Crippen LogP contribution in [0.1, 0.15) is 0 Å². The minimum absolute atomic E-state index is 0. The number of aromatic nitrogens is 2. The number of para-hydroxylation sites is 1. The number of nitrogens with zero attached hydrogens (tertiary/aromatic N) is 3. The van der Waals surface area contributed by atoms with Crippen molar-refractivity contribution in [3.63, 3.8) is 0 Å². The van der Waals surface area contributed by atoms with Gasteiger partial charge in [0.05, 0.1) is 5.56 Å². The van der Waals surface area contributed by atoms with Gasteiger partial charge in [0.25, 0.3) is 0 Å². The maximum atomic E-state index is 11.2. The number of rotatable bonds is 2. The molecular formula is C11H9N3ORe2-2. The van der Waals surface area contributed by atoms with E-state index < -0.39 is 0 Å². The molecule has 1 aromatic carbocycles. The van der Waals surface area contributed by atoms with E-state index in [9.17, 15) is 4.79 Å². The van der Waals surface area contributed by atoms with Crippen molar-refractivity contribution in [3.05, 3.63) is 58.4 Å². The van der Waals surface area contributed by atoms with Crippen LogP contribution in [0.5, 0.6) is 0 Å². The van der Waals surface area contributed by atoms with Crippen molar-refractivity contribution < 1.29 is 40.8 Å². The minimum Gasteiger partial charge on any atom is -0.473 e. The third kappa shape index (κ3) is 4.54. The van der Waals surface area contributed by atoms with E-state index in [4.69, 9.17) is 0 Å². The third-order valence-electron chi connectivity index (χ3n) is 1.88. The first-order valence-corrected chi connectivity index (χ1v) is 4.47. The second-order valence-corrected chi connectivity index (χ2v) is 3.06. The van der Waals surface area contributed by atoms with Crippen LogP contribution in [0.4, 0.5) is 11.5 Å². The SMILES string of the molecule is Cn1cnc([N-]c2ccccc2)[c-]c1=O.[Re].[Re]. The predicted octanol–water partition coefficient (Wildman–Crippen LogP) is 1.91. The first-order valence-electron chi connectivity index (χ1n) is 4.47. The summed E-state index contributed by atoms with van der Waals surface area (Å²) in [5.41, 5.74) is 0.522. The molecule has 0 unspecified atom stereocenters. The first-order chi connectivity index (χ1) is 7.25. The van der Waals surface area contributed by atoms with Gasteiger partial charge in [0.15, 0.2) is 0 Å². The molecule has 0 amide bonds. The summed E-state index contributed by atoms with van der Waals surface area (Å²) in [7, 11) is 1.62. The average Bonchev–Trinajstić information content (AvgIpc) is 2.25. The van der Waals surface area contributed by atoms with E-state index in [-0.39, 0.29) is 46.4 Å². The molecule has 0 aliphatic carbocycles. The number of hydrogen-bond donors (Lipinski definition) is 0. The summed E-state index contributed by atoms with van der Waals surface area (Å²) < 4.78 is 1.35. The molecule has 0 spiro atoms. The molecule has 0 fully saturated rings.